The molecule has 0 fully saturated rings. The lowest BCUT2D eigenvalue weighted by molar-refractivity contribution is 0.0693. The van der Waals surface area contributed by atoms with E-state index in [0.717, 1.165) is 12.1 Å². The summed E-state index contributed by atoms with van der Waals surface area (Å²) in [6.45, 7) is 4.33. The summed E-state index contributed by atoms with van der Waals surface area (Å²) in [4.78, 5) is 24.9. The number of carbonyl (C=O) groups is 2. The fourth-order valence-electron chi connectivity index (χ4n) is 2.51. The number of amides is 2. The molecule has 0 bridgehead atoms. The SMILES string of the molecule is CCCCCC(C)Nc1ccc2c(c1)C(=O)N(C)C2=O. The van der Waals surface area contributed by atoms with Gasteiger partial charge in [-0.15, -0.1) is 0 Å². The maximum absolute atomic E-state index is 11.9. The average Bonchev–Trinajstić information content (AvgIpc) is 2.64. The van der Waals surface area contributed by atoms with Crippen molar-refractivity contribution in [3.8, 4) is 0 Å². The smallest absolute Gasteiger partial charge is 0.261 e. The standard InChI is InChI=1S/C16H22N2O2/c1-4-5-6-7-11(2)17-12-8-9-13-14(10-12)16(20)18(3)15(13)19/h8-11,17H,4-7H2,1-3H3. The lowest BCUT2D eigenvalue weighted by atomic mass is 10.1. The highest BCUT2D eigenvalue weighted by Crippen LogP contribution is 2.25. The van der Waals surface area contributed by atoms with Crippen molar-refractivity contribution in [1.82, 2.24) is 4.90 Å². The number of anilines is 1. The normalized spacial score (nSPS) is 15.4. The first-order chi connectivity index (χ1) is 9.54. The molecule has 0 saturated heterocycles. The molecule has 1 aromatic rings. The van der Waals surface area contributed by atoms with Crippen molar-refractivity contribution in [1.29, 1.82) is 0 Å². The number of imide groups is 1. The topological polar surface area (TPSA) is 49.4 Å². The molecule has 0 spiro atoms. The van der Waals surface area contributed by atoms with Crippen molar-refractivity contribution >= 4 is 17.5 Å². The van der Waals surface area contributed by atoms with Crippen LogP contribution in [0.5, 0.6) is 0 Å². The maximum atomic E-state index is 11.9. The first-order valence-corrected chi connectivity index (χ1v) is 7.27. The first-order valence-electron chi connectivity index (χ1n) is 7.27. The van der Waals surface area contributed by atoms with Gasteiger partial charge >= 0.3 is 0 Å². The van der Waals surface area contributed by atoms with E-state index in [4.69, 9.17) is 0 Å². The molecule has 4 nitrogen and oxygen atoms in total. The van der Waals surface area contributed by atoms with Gasteiger partial charge in [0.05, 0.1) is 11.1 Å². The molecule has 20 heavy (non-hydrogen) atoms. The molecule has 1 heterocycles. The largest absolute Gasteiger partial charge is 0.383 e. The molecule has 4 heteroatoms. The predicted molar refractivity (Wildman–Crippen MR) is 80.1 cm³/mol. The van der Waals surface area contributed by atoms with Gasteiger partial charge < -0.3 is 5.32 Å². The van der Waals surface area contributed by atoms with Gasteiger partial charge in [0.15, 0.2) is 0 Å². The van der Waals surface area contributed by atoms with Gasteiger partial charge in [0, 0.05) is 18.8 Å². The van der Waals surface area contributed by atoms with Gasteiger partial charge in [-0.1, -0.05) is 26.2 Å². The van der Waals surface area contributed by atoms with Crippen molar-refractivity contribution < 1.29 is 9.59 Å². The van der Waals surface area contributed by atoms with E-state index in [1.807, 2.05) is 6.07 Å². The van der Waals surface area contributed by atoms with Gasteiger partial charge in [-0.3, -0.25) is 14.5 Å². The molecule has 1 aliphatic rings. The fraction of sp³-hybridized carbons (Fsp3) is 0.500. The lowest BCUT2D eigenvalue weighted by Crippen LogP contribution is -2.24. The molecule has 1 aromatic carbocycles. The van der Waals surface area contributed by atoms with Crippen LogP contribution in [0, 0.1) is 0 Å². The summed E-state index contributed by atoms with van der Waals surface area (Å²) >= 11 is 0. The van der Waals surface area contributed by atoms with Crippen LogP contribution in [0.4, 0.5) is 5.69 Å². The second kappa shape index (κ2) is 6.07. The molecular weight excluding hydrogens is 252 g/mol. The minimum Gasteiger partial charge on any atom is -0.383 e. The monoisotopic (exact) mass is 274 g/mol. The Morgan fingerprint density at radius 2 is 1.85 bits per heavy atom. The minimum absolute atomic E-state index is 0.215. The molecule has 0 radical (unpaired) electrons. The van der Waals surface area contributed by atoms with Crippen molar-refractivity contribution in [2.45, 2.75) is 45.6 Å². The lowest BCUT2D eigenvalue weighted by Gasteiger charge is -2.15. The summed E-state index contributed by atoms with van der Waals surface area (Å²) in [6.07, 6.45) is 4.77. The van der Waals surface area contributed by atoms with E-state index < -0.39 is 0 Å². The Hall–Kier alpha value is -1.84. The Kier molecular flexibility index (Phi) is 4.42. The van der Waals surface area contributed by atoms with E-state index in [0.29, 0.717) is 17.2 Å². The zero-order valence-electron chi connectivity index (χ0n) is 12.4. The maximum Gasteiger partial charge on any atom is 0.261 e. The number of nitrogens with zero attached hydrogens (tertiary/aromatic N) is 1. The number of carbonyl (C=O) groups excluding carboxylic acids is 2. The molecule has 108 valence electrons. The second-order valence-corrected chi connectivity index (χ2v) is 5.47. The molecular formula is C16H22N2O2. The Labute approximate surface area is 120 Å². The Morgan fingerprint density at radius 3 is 2.55 bits per heavy atom. The number of unbranched alkanes of at least 4 members (excludes halogenated alkanes) is 2. The molecule has 0 aliphatic carbocycles. The number of rotatable bonds is 6. The van der Waals surface area contributed by atoms with Crippen LogP contribution < -0.4 is 5.32 Å². The highest BCUT2D eigenvalue weighted by molar-refractivity contribution is 6.21. The molecule has 2 amide bonds. The second-order valence-electron chi connectivity index (χ2n) is 5.47. The van der Waals surface area contributed by atoms with Crippen molar-refractivity contribution in [2.24, 2.45) is 0 Å². The Morgan fingerprint density at radius 1 is 1.15 bits per heavy atom. The third kappa shape index (κ3) is 2.84. The molecule has 1 atom stereocenters. The van der Waals surface area contributed by atoms with E-state index in [2.05, 4.69) is 19.2 Å². The van der Waals surface area contributed by atoms with Crippen LogP contribution in [0.2, 0.25) is 0 Å². The number of fused-ring (bicyclic) bond motifs is 1. The van der Waals surface area contributed by atoms with E-state index in [9.17, 15) is 9.59 Å². The summed E-state index contributed by atoms with van der Waals surface area (Å²) in [7, 11) is 1.52. The summed E-state index contributed by atoms with van der Waals surface area (Å²) in [5.74, 6) is -0.431. The Balaban J connectivity index is 2.05. The van der Waals surface area contributed by atoms with E-state index in [1.165, 1.54) is 31.2 Å². The quantitative estimate of drug-likeness (QED) is 0.639. The summed E-state index contributed by atoms with van der Waals surface area (Å²) in [6, 6.07) is 5.76. The number of benzene rings is 1. The van der Waals surface area contributed by atoms with Crippen molar-refractivity contribution in [3.05, 3.63) is 29.3 Å². The van der Waals surface area contributed by atoms with Crippen LogP contribution in [-0.2, 0) is 0 Å². The van der Waals surface area contributed by atoms with Gasteiger partial charge in [0.1, 0.15) is 0 Å². The van der Waals surface area contributed by atoms with Crippen LogP contribution in [0.25, 0.3) is 0 Å². The highest BCUT2D eigenvalue weighted by atomic mass is 16.2. The number of hydrogen-bond acceptors (Lipinski definition) is 3. The van der Waals surface area contributed by atoms with Gasteiger partial charge in [-0.25, -0.2) is 0 Å². The van der Waals surface area contributed by atoms with Crippen molar-refractivity contribution in [3.63, 3.8) is 0 Å². The van der Waals surface area contributed by atoms with Gasteiger partial charge in [-0.2, -0.15) is 0 Å². The zero-order valence-corrected chi connectivity index (χ0v) is 12.4. The minimum atomic E-state index is -0.215. The van der Waals surface area contributed by atoms with Crippen molar-refractivity contribution in [2.75, 3.05) is 12.4 Å². The van der Waals surface area contributed by atoms with Gasteiger partial charge in [0.2, 0.25) is 0 Å². The molecule has 1 N–H and O–H groups in total. The van der Waals surface area contributed by atoms with Crippen LogP contribution in [0.3, 0.4) is 0 Å². The van der Waals surface area contributed by atoms with E-state index >= 15 is 0 Å². The molecule has 1 unspecified atom stereocenters. The fourth-order valence-corrected chi connectivity index (χ4v) is 2.51. The highest BCUT2D eigenvalue weighted by Gasteiger charge is 2.32. The molecule has 0 saturated carbocycles. The third-order valence-corrected chi connectivity index (χ3v) is 3.74. The van der Waals surface area contributed by atoms with Gasteiger partial charge in [0.25, 0.3) is 11.8 Å². The zero-order chi connectivity index (χ0) is 14.7. The first kappa shape index (κ1) is 14.6. The summed E-state index contributed by atoms with van der Waals surface area (Å²) in [5, 5.41) is 3.40. The van der Waals surface area contributed by atoms with E-state index in [1.54, 1.807) is 12.1 Å². The third-order valence-electron chi connectivity index (χ3n) is 3.74. The number of nitrogens with one attached hydrogen (secondary N) is 1. The molecule has 1 aliphatic heterocycles. The summed E-state index contributed by atoms with van der Waals surface area (Å²) in [5.41, 5.74) is 1.91. The number of hydrogen-bond donors (Lipinski definition) is 1. The average molecular weight is 274 g/mol. The van der Waals surface area contributed by atoms with Crippen LogP contribution in [0.1, 0.15) is 60.2 Å². The van der Waals surface area contributed by atoms with Crippen LogP contribution in [-0.4, -0.2) is 29.8 Å². The van der Waals surface area contributed by atoms with E-state index in [-0.39, 0.29) is 11.8 Å². The summed E-state index contributed by atoms with van der Waals surface area (Å²) < 4.78 is 0. The van der Waals surface area contributed by atoms with Gasteiger partial charge in [-0.05, 0) is 31.5 Å². The Bertz CT molecular complexity index is 525. The van der Waals surface area contributed by atoms with Crippen LogP contribution >= 0.6 is 0 Å². The molecule has 0 aromatic heterocycles. The van der Waals surface area contributed by atoms with Crippen LogP contribution in [0.15, 0.2) is 18.2 Å². The predicted octanol–water partition coefficient (Wildman–Crippen LogP) is 3.29. The molecule has 2 rings (SSSR count).